The topological polar surface area (TPSA) is 66.4 Å². The summed E-state index contributed by atoms with van der Waals surface area (Å²) in [6.07, 6.45) is 0.598. The zero-order valence-electron chi connectivity index (χ0n) is 16.7. The van der Waals surface area contributed by atoms with Crippen molar-refractivity contribution in [3.8, 4) is 0 Å². The standard InChI is InChI=1S/C12H26O3.C6H12O3/c1-9(2)13-7-12(15-11(5)6)8-14-10(3)4;1-6(2)8-4-5(3-7)9-6/h9-12H,7-8H2,1-6H3;5,7H,3-4H2,1-2H3. The SMILES string of the molecule is CC(C)OCC(COC(C)C)OC(C)C.CC1(C)OCC(CO)O1. The molecule has 1 N–H and O–H groups in total. The highest BCUT2D eigenvalue weighted by atomic mass is 16.7. The van der Waals surface area contributed by atoms with Crippen LogP contribution in [0.5, 0.6) is 0 Å². The number of hydrogen-bond acceptors (Lipinski definition) is 6. The number of rotatable bonds is 9. The van der Waals surface area contributed by atoms with Gasteiger partial charge in [0.25, 0.3) is 0 Å². The van der Waals surface area contributed by atoms with Crippen molar-refractivity contribution in [2.45, 2.75) is 91.7 Å². The maximum atomic E-state index is 8.59. The van der Waals surface area contributed by atoms with E-state index in [9.17, 15) is 0 Å². The molecule has 1 aliphatic rings. The lowest BCUT2D eigenvalue weighted by Gasteiger charge is -2.22. The molecular formula is C18H38O6. The van der Waals surface area contributed by atoms with E-state index in [0.717, 1.165) is 0 Å². The molecule has 0 bridgehead atoms. The van der Waals surface area contributed by atoms with Gasteiger partial charge in [-0.2, -0.15) is 0 Å². The van der Waals surface area contributed by atoms with Crippen LogP contribution in [0.1, 0.15) is 55.4 Å². The molecule has 0 aromatic carbocycles. The first-order valence-corrected chi connectivity index (χ1v) is 8.87. The van der Waals surface area contributed by atoms with Crippen molar-refractivity contribution in [3.63, 3.8) is 0 Å². The highest BCUT2D eigenvalue weighted by Gasteiger charge is 2.31. The predicted octanol–water partition coefficient (Wildman–Crippen LogP) is 2.76. The van der Waals surface area contributed by atoms with Crippen molar-refractivity contribution in [2.24, 2.45) is 0 Å². The second kappa shape index (κ2) is 12.2. The normalized spacial score (nSPS) is 20.1. The van der Waals surface area contributed by atoms with Gasteiger partial charge in [0.05, 0.1) is 44.7 Å². The van der Waals surface area contributed by atoms with Crippen LogP contribution in [0.3, 0.4) is 0 Å². The molecule has 0 aromatic rings. The summed E-state index contributed by atoms with van der Waals surface area (Å²) in [6.45, 7) is 17.6. The third-order valence-electron chi connectivity index (χ3n) is 2.97. The Morgan fingerprint density at radius 3 is 1.71 bits per heavy atom. The summed E-state index contributed by atoms with van der Waals surface area (Å²) >= 11 is 0. The van der Waals surface area contributed by atoms with Crippen molar-refractivity contribution >= 4 is 0 Å². The first-order chi connectivity index (χ1) is 11.1. The molecule has 0 aromatic heterocycles. The van der Waals surface area contributed by atoms with Crippen LogP contribution in [0.4, 0.5) is 0 Å². The lowest BCUT2D eigenvalue weighted by Crippen LogP contribution is -2.30. The molecule has 1 heterocycles. The molecule has 0 amide bonds. The number of aliphatic hydroxyl groups excluding tert-OH is 1. The maximum Gasteiger partial charge on any atom is 0.163 e. The van der Waals surface area contributed by atoms with Crippen LogP contribution in [0, 0.1) is 0 Å². The van der Waals surface area contributed by atoms with Gasteiger partial charge in [0.2, 0.25) is 0 Å². The van der Waals surface area contributed by atoms with E-state index in [0.29, 0.717) is 19.8 Å². The molecule has 1 unspecified atom stereocenters. The molecule has 24 heavy (non-hydrogen) atoms. The van der Waals surface area contributed by atoms with Crippen LogP contribution in [0.15, 0.2) is 0 Å². The van der Waals surface area contributed by atoms with Gasteiger partial charge in [-0.05, 0) is 55.4 Å². The lowest BCUT2D eigenvalue weighted by molar-refractivity contribution is -0.142. The minimum atomic E-state index is -0.493. The van der Waals surface area contributed by atoms with Crippen LogP contribution in [0.25, 0.3) is 0 Å². The minimum absolute atomic E-state index is 0.0369. The second-order valence-corrected chi connectivity index (χ2v) is 7.20. The first kappa shape index (κ1) is 23.8. The van der Waals surface area contributed by atoms with Crippen molar-refractivity contribution in [1.29, 1.82) is 0 Å². The Bertz CT molecular complexity index is 292. The highest BCUT2D eigenvalue weighted by Crippen LogP contribution is 2.21. The Labute approximate surface area is 147 Å². The van der Waals surface area contributed by atoms with Gasteiger partial charge in [-0.15, -0.1) is 0 Å². The Balaban J connectivity index is 0.000000496. The molecule has 6 heteroatoms. The Hall–Kier alpha value is -0.240. The molecule has 1 rings (SSSR count). The van der Waals surface area contributed by atoms with E-state index < -0.39 is 5.79 Å². The summed E-state index contributed by atoms with van der Waals surface area (Å²) in [6, 6.07) is 0. The fourth-order valence-corrected chi connectivity index (χ4v) is 1.96. The van der Waals surface area contributed by atoms with Gasteiger partial charge in [-0.1, -0.05) is 0 Å². The average Bonchev–Trinajstić information content (AvgIpc) is 2.81. The average molecular weight is 350 g/mol. The molecule has 1 fully saturated rings. The minimum Gasteiger partial charge on any atom is -0.394 e. The van der Waals surface area contributed by atoms with Crippen molar-refractivity contribution < 1.29 is 28.8 Å². The van der Waals surface area contributed by atoms with Crippen LogP contribution in [-0.2, 0) is 23.7 Å². The van der Waals surface area contributed by atoms with Crippen molar-refractivity contribution in [3.05, 3.63) is 0 Å². The summed E-state index contributed by atoms with van der Waals surface area (Å²) < 4.78 is 27.2. The smallest absolute Gasteiger partial charge is 0.163 e. The van der Waals surface area contributed by atoms with Gasteiger partial charge in [0.1, 0.15) is 12.2 Å². The van der Waals surface area contributed by atoms with Crippen LogP contribution in [-0.4, -0.2) is 67.8 Å². The third kappa shape index (κ3) is 13.1. The van der Waals surface area contributed by atoms with E-state index >= 15 is 0 Å². The van der Waals surface area contributed by atoms with Crippen molar-refractivity contribution in [2.75, 3.05) is 26.4 Å². The fourth-order valence-electron chi connectivity index (χ4n) is 1.96. The van der Waals surface area contributed by atoms with Gasteiger partial charge in [-0.3, -0.25) is 0 Å². The predicted molar refractivity (Wildman–Crippen MR) is 94.2 cm³/mol. The first-order valence-electron chi connectivity index (χ1n) is 8.87. The van der Waals surface area contributed by atoms with E-state index in [4.69, 9.17) is 28.8 Å². The highest BCUT2D eigenvalue weighted by molar-refractivity contribution is 4.69. The Morgan fingerprint density at radius 1 is 0.958 bits per heavy atom. The summed E-state index contributed by atoms with van der Waals surface area (Å²) in [5, 5.41) is 8.59. The molecule has 1 atom stereocenters. The summed E-state index contributed by atoms with van der Waals surface area (Å²) in [5.41, 5.74) is 0. The Kier molecular flexibility index (Phi) is 12.0. The third-order valence-corrected chi connectivity index (χ3v) is 2.97. The van der Waals surface area contributed by atoms with Crippen LogP contribution >= 0.6 is 0 Å². The monoisotopic (exact) mass is 350 g/mol. The summed E-state index contributed by atoms with van der Waals surface area (Å²) in [5.74, 6) is -0.493. The number of hydrogen-bond donors (Lipinski definition) is 1. The maximum absolute atomic E-state index is 8.59. The largest absolute Gasteiger partial charge is 0.394 e. The zero-order valence-corrected chi connectivity index (χ0v) is 16.7. The quantitative estimate of drug-likeness (QED) is 0.690. The van der Waals surface area contributed by atoms with Gasteiger partial charge in [0.15, 0.2) is 5.79 Å². The molecule has 1 saturated heterocycles. The molecule has 0 saturated carbocycles. The van der Waals surface area contributed by atoms with E-state index in [1.807, 2.05) is 55.4 Å². The van der Waals surface area contributed by atoms with Gasteiger partial charge < -0.3 is 28.8 Å². The second-order valence-electron chi connectivity index (χ2n) is 7.20. The van der Waals surface area contributed by atoms with Crippen molar-refractivity contribution in [1.82, 2.24) is 0 Å². The van der Waals surface area contributed by atoms with Crippen LogP contribution < -0.4 is 0 Å². The Morgan fingerprint density at radius 2 is 1.46 bits per heavy atom. The van der Waals surface area contributed by atoms with E-state index in [2.05, 4.69) is 0 Å². The molecule has 146 valence electrons. The molecular weight excluding hydrogens is 312 g/mol. The number of aliphatic hydroxyl groups is 1. The fraction of sp³-hybridized carbons (Fsp3) is 1.00. The van der Waals surface area contributed by atoms with Gasteiger partial charge >= 0.3 is 0 Å². The molecule has 0 aliphatic carbocycles. The molecule has 6 nitrogen and oxygen atoms in total. The zero-order chi connectivity index (χ0) is 18.8. The lowest BCUT2D eigenvalue weighted by atomic mass is 10.3. The number of ether oxygens (including phenoxy) is 5. The van der Waals surface area contributed by atoms with E-state index in [1.165, 1.54) is 0 Å². The van der Waals surface area contributed by atoms with E-state index in [-0.39, 0.29) is 37.1 Å². The van der Waals surface area contributed by atoms with Gasteiger partial charge in [0, 0.05) is 0 Å². The molecule has 1 aliphatic heterocycles. The molecule has 0 radical (unpaired) electrons. The molecule has 0 spiro atoms. The summed E-state index contributed by atoms with van der Waals surface area (Å²) in [4.78, 5) is 0. The van der Waals surface area contributed by atoms with Gasteiger partial charge in [-0.25, -0.2) is 0 Å². The van der Waals surface area contributed by atoms with Crippen LogP contribution in [0.2, 0.25) is 0 Å². The van der Waals surface area contributed by atoms with E-state index in [1.54, 1.807) is 0 Å². The summed E-state index contributed by atoms with van der Waals surface area (Å²) in [7, 11) is 0.